The van der Waals surface area contributed by atoms with Crippen LogP contribution in [0.25, 0.3) is 0 Å². The lowest BCUT2D eigenvalue weighted by molar-refractivity contribution is 0.379. The first-order valence-corrected chi connectivity index (χ1v) is 6.08. The average molecular weight is 219 g/mol. The number of aromatic nitrogens is 2. The van der Waals surface area contributed by atoms with Crippen LogP contribution < -0.4 is 5.32 Å². The van der Waals surface area contributed by atoms with Crippen molar-refractivity contribution in [2.45, 2.75) is 40.5 Å². The van der Waals surface area contributed by atoms with Crippen LogP contribution in [0.3, 0.4) is 0 Å². The third kappa shape index (κ3) is 2.34. The Morgan fingerprint density at radius 3 is 2.25 bits per heavy atom. The first-order chi connectivity index (χ1) is 7.52. The van der Waals surface area contributed by atoms with Gasteiger partial charge >= 0.3 is 0 Å². The van der Waals surface area contributed by atoms with Crippen molar-refractivity contribution in [2.24, 2.45) is 11.3 Å². The minimum absolute atomic E-state index is 0.501. The Hall–Kier alpha value is -1.12. The molecule has 1 aliphatic carbocycles. The van der Waals surface area contributed by atoms with E-state index >= 15 is 0 Å². The normalized spacial score (nSPS) is 17.6. The first-order valence-electron chi connectivity index (χ1n) is 6.08. The largest absolute Gasteiger partial charge is 0.354 e. The molecule has 2 rings (SSSR count). The molecule has 1 heterocycles. The molecule has 3 nitrogen and oxygen atoms in total. The van der Waals surface area contributed by atoms with Gasteiger partial charge in [0, 0.05) is 17.9 Å². The van der Waals surface area contributed by atoms with Crippen LogP contribution in [0, 0.1) is 25.2 Å². The topological polar surface area (TPSA) is 37.8 Å². The van der Waals surface area contributed by atoms with E-state index in [0.717, 1.165) is 29.8 Å². The van der Waals surface area contributed by atoms with Crippen molar-refractivity contribution in [1.29, 1.82) is 0 Å². The highest BCUT2D eigenvalue weighted by atomic mass is 15.1. The van der Waals surface area contributed by atoms with E-state index in [0.29, 0.717) is 5.41 Å². The van der Waals surface area contributed by atoms with E-state index in [2.05, 4.69) is 29.1 Å². The van der Waals surface area contributed by atoms with E-state index in [1.54, 1.807) is 0 Å². The fraction of sp³-hybridized carbons (Fsp3) is 0.692. The van der Waals surface area contributed by atoms with Gasteiger partial charge in [-0.15, -0.1) is 0 Å². The van der Waals surface area contributed by atoms with Gasteiger partial charge in [0.15, 0.2) is 0 Å². The Kier molecular flexibility index (Phi) is 2.87. The number of rotatable bonds is 4. The summed E-state index contributed by atoms with van der Waals surface area (Å²) >= 11 is 0. The van der Waals surface area contributed by atoms with Crippen LogP contribution in [0.2, 0.25) is 0 Å². The molecule has 1 aromatic heterocycles. The maximum absolute atomic E-state index is 4.40. The molecule has 1 fully saturated rings. The molecule has 0 aromatic carbocycles. The second-order valence-electron chi connectivity index (χ2n) is 5.34. The Morgan fingerprint density at radius 1 is 1.25 bits per heavy atom. The van der Waals surface area contributed by atoms with Gasteiger partial charge < -0.3 is 5.32 Å². The minimum Gasteiger partial charge on any atom is -0.354 e. The van der Waals surface area contributed by atoms with Gasteiger partial charge in [0.1, 0.15) is 0 Å². The summed E-state index contributed by atoms with van der Waals surface area (Å²) in [6, 6.07) is 2.00. The van der Waals surface area contributed by atoms with Crippen LogP contribution in [0.1, 0.15) is 38.1 Å². The van der Waals surface area contributed by atoms with Gasteiger partial charge in [0.25, 0.3) is 0 Å². The van der Waals surface area contributed by atoms with Gasteiger partial charge in [-0.3, -0.25) is 0 Å². The Morgan fingerprint density at radius 2 is 1.81 bits per heavy atom. The summed E-state index contributed by atoms with van der Waals surface area (Å²) in [4.78, 5) is 8.80. The van der Waals surface area contributed by atoms with Gasteiger partial charge in [-0.25, -0.2) is 9.97 Å². The lowest BCUT2D eigenvalue weighted by Gasteiger charge is -2.20. The summed E-state index contributed by atoms with van der Waals surface area (Å²) in [5.41, 5.74) is 2.56. The van der Waals surface area contributed by atoms with E-state index in [4.69, 9.17) is 0 Å². The molecule has 1 aliphatic rings. The second kappa shape index (κ2) is 4.04. The number of aryl methyl sites for hydroxylation is 2. The Labute approximate surface area is 97.7 Å². The number of hydrogen-bond donors (Lipinski definition) is 1. The van der Waals surface area contributed by atoms with Gasteiger partial charge in [-0.05, 0) is 44.1 Å². The molecule has 0 unspecified atom stereocenters. The van der Waals surface area contributed by atoms with Crippen LogP contribution in [-0.2, 0) is 0 Å². The maximum atomic E-state index is 4.40. The molecular weight excluding hydrogens is 198 g/mol. The number of anilines is 1. The monoisotopic (exact) mass is 219 g/mol. The lowest BCUT2D eigenvalue weighted by Crippen LogP contribution is -2.22. The molecule has 0 bridgehead atoms. The van der Waals surface area contributed by atoms with Gasteiger partial charge in [-0.2, -0.15) is 0 Å². The van der Waals surface area contributed by atoms with Gasteiger partial charge in [0.2, 0.25) is 5.95 Å². The van der Waals surface area contributed by atoms with Crippen molar-refractivity contribution in [3.05, 3.63) is 17.5 Å². The quantitative estimate of drug-likeness (QED) is 0.846. The highest BCUT2D eigenvalue weighted by Gasteiger charge is 2.45. The highest BCUT2D eigenvalue weighted by Crippen LogP contribution is 2.51. The van der Waals surface area contributed by atoms with Crippen LogP contribution in [0.5, 0.6) is 0 Å². The van der Waals surface area contributed by atoms with Crippen molar-refractivity contribution in [3.63, 3.8) is 0 Å². The predicted octanol–water partition coefficient (Wildman–Crippen LogP) is 2.94. The summed E-state index contributed by atoms with van der Waals surface area (Å²) < 4.78 is 0. The molecule has 3 heteroatoms. The second-order valence-corrected chi connectivity index (χ2v) is 5.34. The highest BCUT2D eigenvalue weighted by molar-refractivity contribution is 5.28. The molecule has 1 saturated carbocycles. The lowest BCUT2D eigenvalue weighted by atomic mass is 9.92. The van der Waals surface area contributed by atoms with Crippen molar-refractivity contribution < 1.29 is 0 Å². The molecular formula is C13H21N3. The zero-order valence-electron chi connectivity index (χ0n) is 10.7. The van der Waals surface area contributed by atoms with Crippen LogP contribution in [0.4, 0.5) is 5.95 Å². The average Bonchev–Trinajstić information content (AvgIpc) is 2.94. The summed E-state index contributed by atoms with van der Waals surface area (Å²) in [7, 11) is 0. The van der Waals surface area contributed by atoms with E-state index < -0.39 is 0 Å². The minimum atomic E-state index is 0.501. The molecule has 1 aromatic rings. The van der Waals surface area contributed by atoms with E-state index in [1.165, 1.54) is 12.8 Å². The molecule has 88 valence electrons. The summed E-state index contributed by atoms with van der Waals surface area (Å²) in [6.07, 6.45) is 2.67. The molecule has 0 saturated heterocycles. The standard InChI is InChI=1S/C13H21N3/c1-9(2)13(5-6-13)8-14-12-15-10(3)7-11(4)16-12/h7,9H,5-6,8H2,1-4H3,(H,14,15,16). The Balaban J connectivity index is 2.00. The molecule has 0 radical (unpaired) electrons. The number of hydrogen-bond acceptors (Lipinski definition) is 3. The summed E-state index contributed by atoms with van der Waals surface area (Å²) in [5.74, 6) is 1.52. The fourth-order valence-corrected chi connectivity index (χ4v) is 2.18. The van der Waals surface area contributed by atoms with Crippen LogP contribution in [0.15, 0.2) is 6.07 Å². The zero-order valence-corrected chi connectivity index (χ0v) is 10.7. The number of nitrogens with zero attached hydrogens (tertiary/aromatic N) is 2. The van der Waals surface area contributed by atoms with Crippen molar-refractivity contribution in [3.8, 4) is 0 Å². The predicted molar refractivity (Wildman–Crippen MR) is 66.5 cm³/mol. The van der Waals surface area contributed by atoms with Gasteiger partial charge in [0.05, 0.1) is 0 Å². The molecule has 0 aliphatic heterocycles. The smallest absolute Gasteiger partial charge is 0.223 e. The van der Waals surface area contributed by atoms with E-state index in [1.807, 2.05) is 19.9 Å². The first kappa shape index (κ1) is 11.4. The summed E-state index contributed by atoms with van der Waals surface area (Å²) in [5, 5.41) is 3.39. The third-order valence-corrected chi connectivity index (χ3v) is 3.70. The molecule has 16 heavy (non-hydrogen) atoms. The van der Waals surface area contributed by atoms with Gasteiger partial charge in [-0.1, -0.05) is 13.8 Å². The zero-order chi connectivity index (χ0) is 11.8. The van der Waals surface area contributed by atoms with Crippen LogP contribution >= 0.6 is 0 Å². The summed E-state index contributed by atoms with van der Waals surface area (Å²) in [6.45, 7) is 9.63. The van der Waals surface area contributed by atoms with Crippen LogP contribution in [-0.4, -0.2) is 16.5 Å². The van der Waals surface area contributed by atoms with E-state index in [9.17, 15) is 0 Å². The fourth-order valence-electron chi connectivity index (χ4n) is 2.18. The third-order valence-electron chi connectivity index (χ3n) is 3.70. The molecule has 1 N–H and O–H groups in total. The Bertz CT molecular complexity index is 361. The van der Waals surface area contributed by atoms with Crippen molar-refractivity contribution >= 4 is 5.95 Å². The SMILES string of the molecule is Cc1cc(C)nc(NCC2(C(C)C)CC2)n1. The molecule has 0 atom stereocenters. The van der Waals surface area contributed by atoms with Crippen molar-refractivity contribution in [2.75, 3.05) is 11.9 Å². The molecule has 0 amide bonds. The number of nitrogens with one attached hydrogen (secondary N) is 1. The van der Waals surface area contributed by atoms with E-state index in [-0.39, 0.29) is 0 Å². The molecule has 0 spiro atoms. The van der Waals surface area contributed by atoms with Crippen molar-refractivity contribution in [1.82, 2.24) is 9.97 Å². The maximum Gasteiger partial charge on any atom is 0.223 e.